The summed E-state index contributed by atoms with van der Waals surface area (Å²) in [4.78, 5) is 0. The molecule has 0 aromatic carbocycles. The summed E-state index contributed by atoms with van der Waals surface area (Å²) in [5.41, 5.74) is 0. The lowest BCUT2D eigenvalue weighted by Gasteiger charge is -2.13. The van der Waals surface area contributed by atoms with Gasteiger partial charge in [0.1, 0.15) is 0 Å². The lowest BCUT2D eigenvalue weighted by Crippen LogP contribution is -2.15. The molecule has 0 aliphatic carbocycles. The van der Waals surface area contributed by atoms with Crippen LogP contribution in [0.25, 0.3) is 0 Å². The van der Waals surface area contributed by atoms with Crippen LogP contribution in [0.4, 0.5) is 0 Å². The highest BCUT2D eigenvalue weighted by molar-refractivity contribution is 7.99. The number of halogens is 1. The minimum Gasteiger partial charge on any atom is -0.379 e. The fourth-order valence-electron chi connectivity index (χ4n) is 1.29. The average Bonchev–Trinajstić information content (AvgIpc) is 2.36. The predicted octanol–water partition coefficient (Wildman–Crippen LogP) is 2.77. The van der Waals surface area contributed by atoms with Crippen molar-refractivity contribution in [2.45, 2.75) is 31.7 Å². The minimum absolute atomic E-state index is 0.354. The molecule has 1 aliphatic rings. The van der Waals surface area contributed by atoms with Gasteiger partial charge in [-0.25, -0.2) is 0 Å². The van der Waals surface area contributed by atoms with Gasteiger partial charge in [-0.05, 0) is 31.9 Å². The van der Waals surface area contributed by atoms with Crippen molar-refractivity contribution in [2.24, 2.45) is 5.92 Å². The van der Waals surface area contributed by atoms with Crippen molar-refractivity contribution in [1.29, 1.82) is 0 Å². The molecule has 72 valence electrons. The molecule has 2 atom stereocenters. The van der Waals surface area contributed by atoms with Gasteiger partial charge in [0, 0.05) is 17.7 Å². The van der Waals surface area contributed by atoms with Crippen LogP contribution < -0.4 is 0 Å². The van der Waals surface area contributed by atoms with Gasteiger partial charge in [0.05, 0.1) is 6.10 Å². The third-order valence-electron chi connectivity index (χ3n) is 2.06. The van der Waals surface area contributed by atoms with Gasteiger partial charge in [0.15, 0.2) is 0 Å². The van der Waals surface area contributed by atoms with Crippen LogP contribution >= 0.6 is 23.4 Å². The first-order valence-electron chi connectivity index (χ1n) is 4.53. The van der Waals surface area contributed by atoms with E-state index in [1.54, 1.807) is 0 Å². The normalized spacial score (nSPS) is 30.0. The SMILES string of the molecule is CC(C)OCCC1CSCC1Cl. The first-order chi connectivity index (χ1) is 5.70. The van der Waals surface area contributed by atoms with Gasteiger partial charge >= 0.3 is 0 Å². The highest BCUT2D eigenvalue weighted by atomic mass is 35.5. The average molecular weight is 209 g/mol. The molecular weight excluding hydrogens is 192 g/mol. The topological polar surface area (TPSA) is 9.23 Å². The molecular formula is C9H17ClOS. The molecule has 0 aromatic heterocycles. The molecule has 2 unspecified atom stereocenters. The third kappa shape index (κ3) is 3.55. The van der Waals surface area contributed by atoms with Gasteiger partial charge in [-0.1, -0.05) is 0 Å². The Labute approximate surface area is 84.2 Å². The molecule has 0 spiro atoms. The van der Waals surface area contributed by atoms with E-state index < -0.39 is 0 Å². The van der Waals surface area contributed by atoms with Crippen LogP contribution in [0.5, 0.6) is 0 Å². The molecule has 1 heterocycles. The largest absolute Gasteiger partial charge is 0.379 e. The van der Waals surface area contributed by atoms with Crippen LogP contribution in [0.1, 0.15) is 20.3 Å². The maximum absolute atomic E-state index is 6.12. The summed E-state index contributed by atoms with van der Waals surface area (Å²) in [6.45, 7) is 5.01. The van der Waals surface area contributed by atoms with Crippen LogP contribution in [0, 0.1) is 5.92 Å². The highest BCUT2D eigenvalue weighted by Crippen LogP contribution is 2.30. The molecule has 0 saturated carbocycles. The minimum atomic E-state index is 0.354. The number of hydrogen-bond acceptors (Lipinski definition) is 2. The van der Waals surface area contributed by atoms with Crippen LogP contribution in [0.2, 0.25) is 0 Å². The van der Waals surface area contributed by atoms with Crippen molar-refractivity contribution in [3.05, 3.63) is 0 Å². The zero-order chi connectivity index (χ0) is 8.97. The predicted molar refractivity (Wildman–Crippen MR) is 56.2 cm³/mol. The van der Waals surface area contributed by atoms with Crippen molar-refractivity contribution in [3.8, 4) is 0 Å². The third-order valence-corrected chi connectivity index (χ3v) is 4.01. The van der Waals surface area contributed by atoms with E-state index in [1.165, 1.54) is 5.75 Å². The second-order valence-corrected chi connectivity index (χ2v) is 5.16. The van der Waals surface area contributed by atoms with E-state index in [0.29, 0.717) is 17.4 Å². The second-order valence-electron chi connectivity index (χ2n) is 3.52. The number of ether oxygens (including phenoxy) is 1. The Hall–Kier alpha value is 0.600. The molecule has 3 heteroatoms. The Kier molecular flexibility index (Phi) is 4.77. The number of alkyl halides is 1. The van der Waals surface area contributed by atoms with Crippen molar-refractivity contribution in [1.82, 2.24) is 0 Å². The van der Waals surface area contributed by atoms with Gasteiger partial charge in [-0.15, -0.1) is 11.6 Å². The van der Waals surface area contributed by atoms with E-state index in [9.17, 15) is 0 Å². The number of thioether (sulfide) groups is 1. The molecule has 1 fully saturated rings. The standard InChI is InChI=1S/C9H17ClOS/c1-7(2)11-4-3-8-5-12-6-9(8)10/h7-9H,3-6H2,1-2H3. The number of rotatable bonds is 4. The Morgan fingerprint density at radius 2 is 2.25 bits per heavy atom. The summed E-state index contributed by atoms with van der Waals surface area (Å²) in [5, 5.41) is 0.380. The van der Waals surface area contributed by atoms with Gasteiger partial charge in [-0.3, -0.25) is 0 Å². The smallest absolute Gasteiger partial charge is 0.0518 e. The van der Waals surface area contributed by atoms with E-state index >= 15 is 0 Å². The lowest BCUT2D eigenvalue weighted by atomic mass is 10.1. The number of hydrogen-bond donors (Lipinski definition) is 0. The fourth-order valence-corrected chi connectivity index (χ4v) is 3.21. The van der Waals surface area contributed by atoms with Crippen molar-refractivity contribution >= 4 is 23.4 Å². The zero-order valence-corrected chi connectivity index (χ0v) is 9.33. The van der Waals surface area contributed by atoms with Gasteiger partial charge in [0.2, 0.25) is 0 Å². The maximum Gasteiger partial charge on any atom is 0.0518 e. The van der Waals surface area contributed by atoms with Crippen LogP contribution in [-0.4, -0.2) is 29.6 Å². The van der Waals surface area contributed by atoms with Gasteiger partial charge < -0.3 is 4.74 Å². The Morgan fingerprint density at radius 3 is 2.75 bits per heavy atom. The first-order valence-corrected chi connectivity index (χ1v) is 6.12. The summed E-state index contributed by atoms with van der Waals surface area (Å²) in [7, 11) is 0. The molecule has 1 rings (SSSR count). The van der Waals surface area contributed by atoms with Crippen LogP contribution in [0.3, 0.4) is 0 Å². The summed E-state index contributed by atoms with van der Waals surface area (Å²) >= 11 is 8.08. The maximum atomic E-state index is 6.12. The van der Waals surface area contributed by atoms with E-state index in [1.807, 2.05) is 11.8 Å². The molecule has 0 aromatic rings. The molecule has 0 N–H and O–H groups in total. The van der Waals surface area contributed by atoms with Crippen LogP contribution in [-0.2, 0) is 4.74 Å². The van der Waals surface area contributed by atoms with Crippen molar-refractivity contribution < 1.29 is 4.74 Å². The van der Waals surface area contributed by atoms with Gasteiger partial charge in [0.25, 0.3) is 0 Å². The van der Waals surface area contributed by atoms with Crippen LogP contribution in [0.15, 0.2) is 0 Å². The second kappa shape index (κ2) is 5.36. The van der Waals surface area contributed by atoms with Crippen molar-refractivity contribution in [2.75, 3.05) is 18.1 Å². The van der Waals surface area contributed by atoms with Crippen molar-refractivity contribution in [3.63, 3.8) is 0 Å². The molecule has 1 aliphatic heterocycles. The summed E-state index contributed by atoms with van der Waals surface area (Å²) in [6.07, 6.45) is 1.48. The monoisotopic (exact) mass is 208 g/mol. The molecule has 0 amide bonds. The molecule has 12 heavy (non-hydrogen) atoms. The quantitative estimate of drug-likeness (QED) is 0.658. The summed E-state index contributed by atoms with van der Waals surface area (Å²) in [5.74, 6) is 3.01. The molecule has 1 nitrogen and oxygen atoms in total. The fraction of sp³-hybridized carbons (Fsp3) is 1.00. The molecule has 0 bridgehead atoms. The summed E-state index contributed by atoms with van der Waals surface area (Å²) < 4.78 is 5.48. The van der Waals surface area contributed by atoms with E-state index in [-0.39, 0.29) is 0 Å². The lowest BCUT2D eigenvalue weighted by molar-refractivity contribution is 0.0704. The van der Waals surface area contributed by atoms with E-state index in [2.05, 4.69) is 13.8 Å². The zero-order valence-electron chi connectivity index (χ0n) is 7.75. The molecule has 0 radical (unpaired) electrons. The van der Waals surface area contributed by atoms with E-state index in [4.69, 9.17) is 16.3 Å². The van der Waals surface area contributed by atoms with E-state index in [0.717, 1.165) is 18.8 Å². The Balaban J connectivity index is 2.06. The first kappa shape index (κ1) is 10.7. The highest BCUT2D eigenvalue weighted by Gasteiger charge is 2.25. The Morgan fingerprint density at radius 1 is 1.50 bits per heavy atom. The van der Waals surface area contributed by atoms with Gasteiger partial charge in [-0.2, -0.15) is 11.8 Å². The summed E-state index contributed by atoms with van der Waals surface area (Å²) in [6, 6.07) is 0. The molecule has 1 saturated heterocycles. The Bertz CT molecular complexity index is 130.